The molecule has 0 aromatic carbocycles. The van der Waals surface area contributed by atoms with E-state index in [0.717, 1.165) is 13.0 Å². The van der Waals surface area contributed by atoms with Gasteiger partial charge in [-0.05, 0) is 39.7 Å². The molecule has 1 aliphatic rings. The lowest BCUT2D eigenvalue weighted by Gasteiger charge is -2.21. The lowest BCUT2D eigenvalue weighted by molar-refractivity contribution is 0.0614. The minimum absolute atomic E-state index is 0.498. The van der Waals surface area contributed by atoms with Crippen LogP contribution in [0.2, 0.25) is 0 Å². The first-order valence-corrected chi connectivity index (χ1v) is 4.04. The summed E-state index contributed by atoms with van der Waals surface area (Å²) in [5.74, 6) is 0. The number of rotatable bonds is 2. The van der Waals surface area contributed by atoms with Gasteiger partial charge in [-0.3, -0.25) is 0 Å². The predicted octanol–water partition coefficient (Wildman–Crippen LogP) is 0.899. The van der Waals surface area contributed by atoms with E-state index < -0.39 is 5.60 Å². The van der Waals surface area contributed by atoms with E-state index in [0.29, 0.717) is 6.04 Å². The van der Waals surface area contributed by atoms with E-state index >= 15 is 0 Å². The molecule has 2 N–H and O–H groups in total. The minimum atomic E-state index is -0.498. The Morgan fingerprint density at radius 3 is 2.70 bits per heavy atom. The van der Waals surface area contributed by atoms with Crippen molar-refractivity contribution in [1.29, 1.82) is 0 Å². The Labute approximate surface area is 62.6 Å². The van der Waals surface area contributed by atoms with E-state index in [2.05, 4.69) is 5.32 Å². The van der Waals surface area contributed by atoms with Crippen molar-refractivity contribution in [3.8, 4) is 0 Å². The lowest BCUT2D eigenvalue weighted by Crippen LogP contribution is -2.31. The Hall–Kier alpha value is -0.0800. The summed E-state index contributed by atoms with van der Waals surface area (Å²) in [5, 5.41) is 12.8. The van der Waals surface area contributed by atoms with Gasteiger partial charge >= 0.3 is 0 Å². The summed E-state index contributed by atoms with van der Waals surface area (Å²) in [4.78, 5) is 0. The molecular weight excluding hydrogens is 126 g/mol. The molecule has 0 bridgehead atoms. The van der Waals surface area contributed by atoms with Crippen LogP contribution in [-0.4, -0.2) is 23.3 Å². The van der Waals surface area contributed by atoms with Gasteiger partial charge in [-0.15, -0.1) is 0 Å². The highest BCUT2D eigenvalue weighted by atomic mass is 16.3. The van der Waals surface area contributed by atoms with Gasteiger partial charge in [-0.25, -0.2) is 0 Å². The highest BCUT2D eigenvalue weighted by molar-refractivity contribution is 4.80. The topological polar surface area (TPSA) is 32.3 Å². The maximum atomic E-state index is 9.44. The molecular formula is C8H17NO. The van der Waals surface area contributed by atoms with Gasteiger partial charge in [0, 0.05) is 6.04 Å². The summed E-state index contributed by atoms with van der Waals surface area (Å²) in [5.41, 5.74) is -0.498. The molecule has 10 heavy (non-hydrogen) atoms. The molecule has 1 saturated heterocycles. The van der Waals surface area contributed by atoms with Crippen LogP contribution in [0, 0.1) is 0 Å². The molecule has 1 aliphatic heterocycles. The van der Waals surface area contributed by atoms with Crippen LogP contribution in [0.15, 0.2) is 0 Å². The van der Waals surface area contributed by atoms with Crippen LogP contribution in [0.25, 0.3) is 0 Å². The summed E-state index contributed by atoms with van der Waals surface area (Å²) in [6.07, 6.45) is 3.37. The van der Waals surface area contributed by atoms with Crippen LogP contribution in [0.3, 0.4) is 0 Å². The third kappa shape index (κ3) is 2.67. The zero-order chi connectivity index (χ0) is 7.61. The fourth-order valence-electron chi connectivity index (χ4n) is 1.53. The van der Waals surface area contributed by atoms with Gasteiger partial charge in [-0.1, -0.05) is 0 Å². The monoisotopic (exact) mass is 143 g/mol. The number of hydrogen-bond donors (Lipinski definition) is 2. The van der Waals surface area contributed by atoms with E-state index in [4.69, 9.17) is 0 Å². The second kappa shape index (κ2) is 2.89. The van der Waals surface area contributed by atoms with Gasteiger partial charge in [0.1, 0.15) is 0 Å². The second-order valence-corrected chi connectivity index (χ2v) is 3.81. The van der Waals surface area contributed by atoms with Gasteiger partial charge in [0.2, 0.25) is 0 Å². The molecule has 0 spiro atoms. The Kier molecular flexibility index (Phi) is 2.32. The molecule has 1 fully saturated rings. The quantitative estimate of drug-likeness (QED) is 0.602. The maximum Gasteiger partial charge on any atom is 0.0606 e. The third-order valence-electron chi connectivity index (χ3n) is 1.91. The van der Waals surface area contributed by atoms with Crippen LogP contribution in [0.1, 0.15) is 33.1 Å². The molecule has 2 heteroatoms. The van der Waals surface area contributed by atoms with Crippen molar-refractivity contribution in [2.75, 3.05) is 6.54 Å². The van der Waals surface area contributed by atoms with Crippen LogP contribution in [0.4, 0.5) is 0 Å². The molecule has 60 valence electrons. The van der Waals surface area contributed by atoms with Crippen molar-refractivity contribution in [2.24, 2.45) is 0 Å². The first-order chi connectivity index (χ1) is 4.58. The molecule has 1 atom stereocenters. The highest BCUT2D eigenvalue weighted by Gasteiger charge is 2.22. The van der Waals surface area contributed by atoms with E-state index in [-0.39, 0.29) is 0 Å². The zero-order valence-corrected chi connectivity index (χ0v) is 6.85. The molecule has 0 unspecified atom stereocenters. The van der Waals surface area contributed by atoms with Crippen molar-refractivity contribution < 1.29 is 5.11 Å². The van der Waals surface area contributed by atoms with Crippen molar-refractivity contribution in [3.63, 3.8) is 0 Å². The molecule has 0 aromatic rings. The maximum absolute atomic E-state index is 9.44. The van der Waals surface area contributed by atoms with E-state index in [1.54, 1.807) is 0 Å². The van der Waals surface area contributed by atoms with Gasteiger partial charge in [0.25, 0.3) is 0 Å². The molecule has 1 rings (SSSR count). The van der Waals surface area contributed by atoms with Gasteiger partial charge in [-0.2, -0.15) is 0 Å². The standard InChI is InChI=1S/C8H17NO/c1-8(2,10)6-7-4-3-5-9-7/h7,9-10H,3-6H2,1-2H3/t7-/m0/s1. The van der Waals surface area contributed by atoms with Gasteiger partial charge < -0.3 is 10.4 Å². The predicted molar refractivity (Wildman–Crippen MR) is 41.9 cm³/mol. The van der Waals surface area contributed by atoms with Crippen LogP contribution in [0.5, 0.6) is 0 Å². The Morgan fingerprint density at radius 1 is 1.60 bits per heavy atom. The van der Waals surface area contributed by atoms with Gasteiger partial charge in [0.05, 0.1) is 5.60 Å². The van der Waals surface area contributed by atoms with Crippen molar-refractivity contribution in [2.45, 2.75) is 44.8 Å². The number of hydrogen-bond acceptors (Lipinski definition) is 2. The molecule has 0 saturated carbocycles. The second-order valence-electron chi connectivity index (χ2n) is 3.81. The van der Waals surface area contributed by atoms with Crippen LogP contribution >= 0.6 is 0 Å². The molecule has 0 aromatic heterocycles. The summed E-state index contributed by atoms with van der Waals surface area (Å²) in [6.45, 7) is 4.86. The minimum Gasteiger partial charge on any atom is -0.390 e. The van der Waals surface area contributed by atoms with E-state index in [9.17, 15) is 5.11 Å². The SMILES string of the molecule is CC(C)(O)C[C@@H]1CCCN1. The molecule has 0 amide bonds. The molecule has 0 radical (unpaired) electrons. The summed E-state index contributed by atoms with van der Waals surface area (Å²) >= 11 is 0. The lowest BCUT2D eigenvalue weighted by atomic mass is 9.98. The Balaban J connectivity index is 2.24. The van der Waals surface area contributed by atoms with Crippen molar-refractivity contribution >= 4 is 0 Å². The summed E-state index contributed by atoms with van der Waals surface area (Å²) in [7, 11) is 0. The van der Waals surface area contributed by atoms with Crippen LogP contribution < -0.4 is 5.32 Å². The van der Waals surface area contributed by atoms with Crippen molar-refractivity contribution in [1.82, 2.24) is 5.32 Å². The average Bonchev–Trinajstić information content (AvgIpc) is 2.12. The smallest absolute Gasteiger partial charge is 0.0606 e. The fourth-order valence-corrected chi connectivity index (χ4v) is 1.53. The fraction of sp³-hybridized carbons (Fsp3) is 1.00. The average molecular weight is 143 g/mol. The normalized spacial score (nSPS) is 27.3. The first kappa shape index (κ1) is 8.02. The van der Waals surface area contributed by atoms with Crippen molar-refractivity contribution in [3.05, 3.63) is 0 Å². The molecule has 0 aliphatic carbocycles. The molecule has 2 nitrogen and oxygen atoms in total. The number of nitrogens with one attached hydrogen (secondary N) is 1. The highest BCUT2D eigenvalue weighted by Crippen LogP contribution is 2.17. The van der Waals surface area contributed by atoms with E-state index in [1.165, 1.54) is 12.8 Å². The van der Waals surface area contributed by atoms with Crippen LogP contribution in [-0.2, 0) is 0 Å². The summed E-state index contributed by atoms with van der Waals surface area (Å²) < 4.78 is 0. The Bertz CT molecular complexity index is 100. The Morgan fingerprint density at radius 2 is 2.30 bits per heavy atom. The largest absolute Gasteiger partial charge is 0.390 e. The third-order valence-corrected chi connectivity index (χ3v) is 1.91. The van der Waals surface area contributed by atoms with E-state index in [1.807, 2.05) is 13.8 Å². The molecule has 1 heterocycles. The first-order valence-electron chi connectivity index (χ1n) is 4.04. The summed E-state index contributed by atoms with van der Waals surface area (Å²) in [6, 6.07) is 0.556. The number of aliphatic hydroxyl groups is 1. The van der Waals surface area contributed by atoms with Gasteiger partial charge in [0.15, 0.2) is 0 Å². The zero-order valence-electron chi connectivity index (χ0n) is 6.85.